The van der Waals surface area contributed by atoms with Gasteiger partial charge in [-0.3, -0.25) is 9.59 Å². The molecule has 110 valence electrons. The lowest BCUT2D eigenvalue weighted by atomic mass is 10.1. The predicted molar refractivity (Wildman–Crippen MR) is 84.3 cm³/mol. The van der Waals surface area contributed by atoms with Crippen LogP contribution in [0.5, 0.6) is 0 Å². The van der Waals surface area contributed by atoms with Gasteiger partial charge in [-0.25, -0.2) is 0 Å². The van der Waals surface area contributed by atoms with Crippen LogP contribution in [0.15, 0.2) is 35.7 Å². The number of carbonyl (C=O) groups excluding carboxylic acids is 1. The number of aliphatic carboxylic acids is 1. The number of amides is 1. The molecule has 1 aromatic heterocycles. The molecular weight excluding hydrogens is 288 g/mol. The lowest BCUT2D eigenvalue weighted by Gasteiger charge is -2.11. The summed E-state index contributed by atoms with van der Waals surface area (Å²) in [5.74, 6) is -1.09. The third-order valence-electron chi connectivity index (χ3n) is 2.90. The quantitative estimate of drug-likeness (QED) is 0.715. The molecule has 1 heterocycles. The maximum atomic E-state index is 11.9. The molecule has 0 aliphatic carbocycles. The predicted octanol–water partition coefficient (Wildman–Crippen LogP) is 3.19. The molecule has 0 unspecified atom stereocenters. The van der Waals surface area contributed by atoms with E-state index in [0.29, 0.717) is 17.8 Å². The molecule has 0 spiro atoms. The summed E-state index contributed by atoms with van der Waals surface area (Å²) in [5, 5.41) is 13.3. The van der Waals surface area contributed by atoms with E-state index in [1.807, 2.05) is 23.6 Å². The Morgan fingerprint density at radius 2 is 2.05 bits per heavy atom. The van der Waals surface area contributed by atoms with Gasteiger partial charge in [-0.2, -0.15) is 0 Å². The van der Waals surface area contributed by atoms with Gasteiger partial charge in [-0.05, 0) is 36.1 Å². The van der Waals surface area contributed by atoms with Gasteiger partial charge in [0.25, 0.3) is 0 Å². The van der Waals surface area contributed by atoms with Crippen molar-refractivity contribution in [1.82, 2.24) is 0 Å². The van der Waals surface area contributed by atoms with Crippen LogP contribution in [0.4, 0.5) is 11.4 Å². The van der Waals surface area contributed by atoms with Crippen molar-refractivity contribution in [1.29, 1.82) is 0 Å². The molecule has 0 atom stereocenters. The van der Waals surface area contributed by atoms with Crippen LogP contribution in [0.3, 0.4) is 0 Å². The lowest BCUT2D eigenvalue weighted by Crippen LogP contribution is -2.12. The average Bonchev–Trinajstić information content (AvgIpc) is 2.94. The van der Waals surface area contributed by atoms with Crippen molar-refractivity contribution in [2.45, 2.75) is 19.3 Å². The van der Waals surface area contributed by atoms with Crippen LogP contribution in [-0.4, -0.2) is 17.0 Å². The van der Waals surface area contributed by atoms with Gasteiger partial charge in [-0.1, -0.05) is 6.07 Å². The SMILES string of the molecule is Nc1ccc(NC(=O)CCCC(=O)O)c(-c2cccs2)c1. The van der Waals surface area contributed by atoms with E-state index >= 15 is 0 Å². The molecule has 4 N–H and O–H groups in total. The molecule has 1 amide bonds. The summed E-state index contributed by atoms with van der Waals surface area (Å²) in [5.41, 5.74) is 7.99. The second kappa shape index (κ2) is 6.90. The van der Waals surface area contributed by atoms with E-state index < -0.39 is 5.97 Å². The third kappa shape index (κ3) is 4.32. The van der Waals surface area contributed by atoms with Crippen LogP contribution >= 0.6 is 11.3 Å². The number of thiophene rings is 1. The van der Waals surface area contributed by atoms with Crippen LogP contribution in [-0.2, 0) is 9.59 Å². The van der Waals surface area contributed by atoms with Gasteiger partial charge in [0.05, 0.1) is 0 Å². The number of nitrogens with two attached hydrogens (primary N) is 1. The first kappa shape index (κ1) is 15.1. The van der Waals surface area contributed by atoms with Gasteiger partial charge >= 0.3 is 5.97 Å². The van der Waals surface area contributed by atoms with Crippen LogP contribution < -0.4 is 11.1 Å². The Balaban J connectivity index is 2.09. The molecule has 0 radical (unpaired) electrons. The van der Waals surface area contributed by atoms with E-state index in [1.54, 1.807) is 23.5 Å². The van der Waals surface area contributed by atoms with E-state index in [4.69, 9.17) is 10.8 Å². The number of nitrogens with one attached hydrogen (secondary N) is 1. The minimum Gasteiger partial charge on any atom is -0.481 e. The Morgan fingerprint density at radius 1 is 1.24 bits per heavy atom. The molecule has 0 aliphatic heterocycles. The lowest BCUT2D eigenvalue weighted by molar-refractivity contribution is -0.137. The van der Waals surface area contributed by atoms with Crippen molar-refractivity contribution >= 4 is 34.6 Å². The normalized spacial score (nSPS) is 10.3. The van der Waals surface area contributed by atoms with Crippen molar-refractivity contribution in [2.75, 3.05) is 11.1 Å². The summed E-state index contributed by atoms with van der Waals surface area (Å²) >= 11 is 1.56. The molecule has 1 aromatic carbocycles. The minimum absolute atomic E-state index is 0.00700. The Bertz CT molecular complexity index is 638. The van der Waals surface area contributed by atoms with Gasteiger partial charge < -0.3 is 16.2 Å². The number of hydrogen-bond acceptors (Lipinski definition) is 4. The molecule has 0 saturated heterocycles. The molecule has 2 aromatic rings. The summed E-state index contributed by atoms with van der Waals surface area (Å²) in [4.78, 5) is 23.3. The number of rotatable bonds is 6. The zero-order chi connectivity index (χ0) is 15.2. The van der Waals surface area contributed by atoms with E-state index in [9.17, 15) is 9.59 Å². The Kier molecular flexibility index (Phi) is 4.94. The second-order valence-corrected chi connectivity index (χ2v) is 5.53. The second-order valence-electron chi connectivity index (χ2n) is 4.58. The summed E-state index contributed by atoms with van der Waals surface area (Å²) < 4.78 is 0. The summed E-state index contributed by atoms with van der Waals surface area (Å²) in [6.07, 6.45) is 0.498. The topological polar surface area (TPSA) is 92.4 Å². The fourth-order valence-corrected chi connectivity index (χ4v) is 2.68. The summed E-state index contributed by atoms with van der Waals surface area (Å²) in [6.45, 7) is 0. The van der Waals surface area contributed by atoms with E-state index in [0.717, 1.165) is 10.4 Å². The zero-order valence-corrected chi connectivity index (χ0v) is 12.2. The van der Waals surface area contributed by atoms with E-state index in [1.165, 1.54) is 0 Å². The van der Waals surface area contributed by atoms with Crippen LogP contribution in [0.25, 0.3) is 10.4 Å². The number of anilines is 2. The highest BCUT2D eigenvalue weighted by Crippen LogP contribution is 2.33. The molecule has 2 rings (SSSR count). The van der Waals surface area contributed by atoms with Gasteiger partial charge in [-0.15, -0.1) is 11.3 Å². The smallest absolute Gasteiger partial charge is 0.303 e. The molecular formula is C15H16N2O3S. The molecule has 0 bridgehead atoms. The van der Waals surface area contributed by atoms with Crippen molar-refractivity contribution in [2.24, 2.45) is 0 Å². The first-order valence-corrected chi connectivity index (χ1v) is 7.39. The van der Waals surface area contributed by atoms with Crippen LogP contribution in [0.1, 0.15) is 19.3 Å². The van der Waals surface area contributed by atoms with Crippen molar-refractivity contribution in [3.05, 3.63) is 35.7 Å². The van der Waals surface area contributed by atoms with Crippen LogP contribution in [0.2, 0.25) is 0 Å². The number of benzene rings is 1. The van der Waals surface area contributed by atoms with Gasteiger partial charge in [0.15, 0.2) is 0 Å². The molecule has 21 heavy (non-hydrogen) atoms. The Hall–Kier alpha value is -2.34. The number of nitrogen functional groups attached to an aromatic ring is 1. The largest absolute Gasteiger partial charge is 0.481 e. The van der Waals surface area contributed by atoms with Crippen molar-refractivity contribution in [3.8, 4) is 10.4 Å². The van der Waals surface area contributed by atoms with Gasteiger partial charge in [0, 0.05) is 34.7 Å². The van der Waals surface area contributed by atoms with Gasteiger partial charge in [0.1, 0.15) is 0 Å². The standard InChI is InChI=1S/C15H16N2O3S/c16-10-6-7-12(11(9-10)13-3-2-8-21-13)17-14(18)4-1-5-15(19)20/h2-3,6-9H,1,4-5,16H2,(H,17,18)(H,19,20). The Labute approximate surface area is 126 Å². The zero-order valence-electron chi connectivity index (χ0n) is 11.3. The number of carboxylic acid groups (broad SMARTS) is 1. The van der Waals surface area contributed by atoms with Gasteiger partial charge in [0.2, 0.25) is 5.91 Å². The summed E-state index contributed by atoms with van der Waals surface area (Å²) in [6, 6.07) is 9.20. The van der Waals surface area contributed by atoms with Crippen molar-refractivity contribution in [3.63, 3.8) is 0 Å². The summed E-state index contributed by atoms with van der Waals surface area (Å²) in [7, 11) is 0. The maximum Gasteiger partial charge on any atom is 0.303 e. The highest BCUT2D eigenvalue weighted by molar-refractivity contribution is 7.13. The molecule has 6 heteroatoms. The first-order chi connectivity index (χ1) is 10.1. The average molecular weight is 304 g/mol. The molecule has 5 nitrogen and oxygen atoms in total. The number of carbonyl (C=O) groups is 2. The minimum atomic E-state index is -0.894. The molecule has 0 aliphatic rings. The van der Waals surface area contributed by atoms with E-state index in [-0.39, 0.29) is 18.7 Å². The highest BCUT2D eigenvalue weighted by atomic mass is 32.1. The number of hydrogen-bond donors (Lipinski definition) is 3. The van der Waals surface area contributed by atoms with Crippen LogP contribution in [0, 0.1) is 0 Å². The highest BCUT2D eigenvalue weighted by Gasteiger charge is 2.10. The maximum absolute atomic E-state index is 11.9. The third-order valence-corrected chi connectivity index (χ3v) is 3.80. The first-order valence-electron chi connectivity index (χ1n) is 6.51. The fraction of sp³-hybridized carbons (Fsp3) is 0.200. The van der Waals surface area contributed by atoms with Crippen molar-refractivity contribution < 1.29 is 14.7 Å². The molecule has 0 fully saturated rings. The number of carboxylic acids is 1. The molecule has 0 saturated carbocycles. The Morgan fingerprint density at radius 3 is 2.71 bits per heavy atom. The monoisotopic (exact) mass is 304 g/mol. The van der Waals surface area contributed by atoms with E-state index in [2.05, 4.69) is 5.32 Å². The fourth-order valence-electron chi connectivity index (χ4n) is 1.92.